The van der Waals surface area contributed by atoms with E-state index in [1.165, 1.54) is 46.3 Å². The lowest BCUT2D eigenvalue weighted by Crippen LogP contribution is -2.38. The SMILES string of the molecule is C=CCCC(=O)NCc1nc(C(=O)OC2[C@@H](COP(=O)(O)OC3C[C@H](n4ccc(N)nc4=O)O[C@@H]3COP(=O)(O)O)O[C@@H](n3cnc4c(N)ncnc43)[C@H]2O)c(-c2ccc(C)cc2)s1.C=CCCC(=O)NCc1nc(C(=O)OC2[C@@H](COP(=O)(O)OC3C[C@H](n4ccc(N)nc4=O)O[C@@H]3COP(=O)(O)O)O[C@@H](n3cnc4c(N)ncnc43)[C@H]2O)c(-c2ccc(C)cc2)s1. The van der Waals surface area contributed by atoms with Crippen LogP contribution in [0.15, 0.2) is 133 Å². The number of thiazole rings is 2. The van der Waals surface area contributed by atoms with Gasteiger partial charge in [0.1, 0.15) is 107 Å². The third-order valence-corrected chi connectivity index (χ3v) is 24.9. The molecule has 0 bridgehead atoms. The molecule has 56 heteroatoms. The number of aliphatic hydroxyl groups excluding tert-OH is 2. The first-order valence-electron chi connectivity index (χ1n) is 38.3. The quantitative estimate of drug-likeness (QED) is 0.0152. The van der Waals surface area contributed by atoms with E-state index >= 15 is 0 Å². The number of fused-ring (bicyclic) bond motifs is 2. The number of allylic oxidation sites excluding steroid dienone is 2. The Kier molecular flexibility index (Phi) is 30.1. The number of phosphoric ester groups is 4. The fourth-order valence-electron chi connectivity index (χ4n) is 13.5. The summed E-state index contributed by atoms with van der Waals surface area (Å²) in [6.45, 7) is 7.52. The van der Waals surface area contributed by atoms with Gasteiger partial charge in [0.2, 0.25) is 11.8 Å². The highest BCUT2D eigenvalue weighted by Crippen LogP contribution is 2.53. The monoisotopic (exact) mass is 1900 g/mol. The van der Waals surface area contributed by atoms with Crippen molar-refractivity contribution in [3.05, 3.63) is 177 Å². The number of nitrogen functional groups attached to an aromatic ring is 4. The number of imidazole rings is 2. The second kappa shape index (κ2) is 40.5. The van der Waals surface area contributed by atoms with Crippen LogP contribution in [-0.2, 0) is 96.5 Å². The van der Waals surface area contributed by atoms with E-state index in [-0.39, 0.29) is 108 Å². The molecule has 12 heterocycles. The fraction of sp³-hybridized carbons (Fsp3) is 0.389. The summed E-state index contributed by atoms with van der Waals surface area (Å²) in [4.78, 5) is 179. The molecule has 4 aliphatic rings. The molecule has 16 atom stereocenters. The number of hydrogen-bond acceptors (Lipinski definition) is 40. The second-order valence-electron chi connectivity index (χ2n) is 28.7. The zero-order valence-corrected chi connectivity index (χ0v) is 72.3. The smallest absolute Gasteiger partial charge is 0.452 e. The maximum absolute atomic E-state index is 14.2. The molecule has 2 amide bonds. The second-order valence-corrected chi connectivity index (χ2v) is 36.2. The minimum atomic E-state index is -5.23. The van der Waals surface area contributed by atoms with E-state index in [2.05, 4.69) is 82.7 Å². The number of phosphoric acid groups is 4. The number of rotatable bonds is 36. The van der Waals surface area contributed by atoms with Crippen LogP contribution in [0.2, 0.25) is 0 Å². The summed E-state index contributed by atoms with van der Waals surface area (Å²) >= 11 is 2.25. The van der Waals surface area contributed by atoms with Gasteiger partial charge in [0.25, 0.3) is 0 Å². The molecule has 4 fully saturated rings. The molecule has 0 saturated carbocycles. The van der Waals surface area contributed by atoms with Gasteiger partial charge in [-0.3, -0.25) is 55.0 Å². The summed E-state index contributed by atoms with van der Waals surface area (Å²) in [5, 5.41) is 29.8. The van der Waals surface area contributed by atoms with Crippen molar-refractivity contribution in [1.29, 1.82) is 0 Å². The summed E-state index contributed by atoms with van der Waals surface area (Å²) < 4.78 is 121. The van der Waals surface area contributed by atoms with Crippen molar-refractivity contribution in [3.63, 3.8) is 0 Å². The first kappa shape index (κ1) is 94.9. The standard InChI is InChI=1S/2C36H42N10O15P2S/c2*1-3-4-5-24(47)39-13-25-44-27(31(64-25)19-8-6-18(2)7-9-19)35(49)60-30-22(59-34(29(30)48)46-17-42-28-32(38)40-16-41-33(28)46)15-57-63(54,55)61-20-12-26(45-11-10-23(37)43-36(45)50)58-21(20)14-56-62(51,52)53/h2*3,6-11,16-17,20-22,26,29-30,34,48H,1,4-5,12-15H2,2H3,(H,39,47)(H,54,55)(H2,37,43,50)(H2,38,40,41)(H2,51,52,53)/t2*20?,21-,22-,26-,29+,30?,34-/m11/s1. The van der Waals surface area contributed by atoms with Crippen molar-refractivity contribution < 1.29 is 133 Å². The highest BCUT2D eigenvalue weighted by molar-refractivity contribution is 7.47. The number of nitrogens with two attached hydrogens (primary N) is 4. The topological polar surface area (TPSA) is 720 Å². The number of anilines is 4. The van der Waals surface area contributed by atoms with Crippen molar-refractivity contribution in [2.24, 2.45) is 0 Å². The predicted octanol–water partition coefficient (Wildman–Crippen LogP) is 3.29. The summed E-state index contributed by atoms with van der Waals surface area (Å²) in [7, 11) is -20.6. The summed E-state index contributed by atoms with van der Waals surface area (Å²) in [5.74, 6) is -2.78. The van der Waals surface area contributed by atoms with Crippen LogP contribution in [0.3, 0.4) is 0 Å². The van der Waals surface area contributed by atoms with Crippen LogP contribution in [0.1, 0.15) is 106 Å². The Morgan fingerprint density at radius 2 is 0.891 bits per heavy atom. The number of aryl methyl sites for hydroxylation is 2. The van der Waals surface area contributed by atoms with Crippen LogP contribution in [0, 0.1) is 13.8 Å². The van der Waals surface area contributed by atoms with E-state index in [0.717, 1.165) is 55.6 Å². The molecule has 0 spiro atoms. The Morgan fingerprint density at radius 3 is 1.25 bits per heavy atom. The zero-order valence-electron chi connectivity index (χ0n) is 67.1. The minimum Gasteiger partial charge on any atom is -0.452 e. The third-order valence-electron chi connectivity index (χ3n) is 19.6. The van der Waals surface area contributed by atoms with Crippen LogP contribution in [-0.4, -0.2) is 219 Å². The largest absolute Gasteiger partial charge is 0.472 e. The van der Waals surface area contributed by atoms with Crippen molar-refractivity contribution in [1.82, 2.24) is 78.7 Å². The van der Waals surface area contributed by atoms with E-state index in [1.807, 2.05) is 38.1 Å². The van der Waals surface area contributed by atoms with Crippen LogP contribution in [0.5, 0.6) is 0 Å². The lowest BCUT2D eigenvalue weighted by atomic mass is 10.1. The molecule has 18 N–H and O–H groups in total. The van der Waals surface area contributed by atoms with Gasteiger partial charge in [-0.05, 0) is 49.9 Å². The van der Waals surface area contributed by atoms with Crippen molar-refractivity contribution in [2.45, 2.75) is 151 Å². The van der Waals surface area contributed by atoms with Gasteiger partial charge in [-0.25, -0.2) is 77.3 Å². The molecule has 4 saturated heterocycles. The number of aliphatic hydroxyl groups is 2. The average Bonchev–Trinajstić information content (AvgIpc) is 1.61. The highest BCUT2D eigenvalue weighted by Gasteiger charge is 2.53. The lowest BCUT2D eigenvalue weighted by molar-refractivity contribution is -0.122. The molecule has 4 aliphatic heterocycles. The molecule has 10 aromatic rings. The molecular formula is C72H84N20O30P4S2. The van der Waals surface area contributed by atoms with Gasteiger partial charge >= 0.3 is 54.6 Å². The summed E-state index contributed by atoms with van der Waals surface area (Å²) in [6, 6.07) is 17.0. The molecule has 14 rings (SSSR count). The van der Waals surface area contributed by atoms with Crippen LogP contribution < -0.4 is 44.9 Å². The van der Waals surface area contributed by atoms with Gasteiger partial charge in [-0.1, -0.05) is 71.8 Å². The van der Waals surface area contributed by atoms with Gasteiger partial charge in [0, 0.05) is 38.1 Å². The number of amides is 2. The first-order valence-corrected chi connectivity index (χ1v) is 46.0. The maximum atomic E-state index is 14.2. The molecule has 0 radical (unpaired) electrons. The van der Waals surface area contributed by atoms with E-state index in [0.29, 0.717) is 43.7 Å². The number of nitrogens with zero attached hydrogens (tertiary/aromatic N) is 14. The van der Waals surface area contributed by atoms with Gasteiger partial charge in [-0.2, -0.15) is 9.97 Å². The van der Waals surface area contributed by atoms with E-state index < -0.39 is 167 Å². The summed E-state index contributed by atoms with van der Waals surface area (Å²) in [6.07, 6.45) is -9.79. The van der Waals surface area contributed by atoms with Crippen molar-refractivity contribution in [2.75, 3.05) is 49.4 Å². The van der Waals surface area contributed by atoms with Gasteiger partial charge < -0.3 is 102 Å². The highest BCUT2D eigenvalue weighted by atomic mass is 32.1. The minimum absolute atomic E-state index is 0.0116. The predicted molar refractivity (Wildman–Crippen MR) is 445 cm³/mol. The van der Waals surface area contributed by atoms with Crippen molar-refractivity contribution in [3.8, 4) is 20.9 Å². The van der Waals surface area contributed by atoms with E-state index in [4.69, 9.17) is 69.5 Å². The Balaban J connectivity index is 0.000000219. The Bertz CT molecular complexity index is 5720. The van der Waals surface area contributed by atoms with E-state index in [9.17, 15) is 86.6 Å². The van der Waals surface area contributed by atoms with Crippen molar-refractivity contribution >= 4 is 123 Å². The number of aromatic nitrogens is 14. The number of carbonyl (C=O) groups is 4. The summed E-state index contributed by atoms with van der Waals surface area (Å²) in [5.41, 5.74) is 24.7. The molecule has 50 nitrogen and oxygen atoms in total. The first-order chi connectivity index (χ1) is 60.8. The molecular weight excluding hydrogens is 1810 g/mol. The molecule has 2 aromatic carbocycles. The molecule has 6 unspecified atom stereocenters. The number of ether oxygens (including phenoxy) is 6. The molecule has 0 aliphatic carbocycles. The third kappa shape index (κ3) is 23.5. The van der Waals surface area contributed by atoms with Gasteiger partial charge in [0.15, 0.2) is 59.0 Å². The lowest BCUT2D eigenvalue weighted by Gasteiger charge is -2.23. The maximum Gasteiger partial charge on any atom is 0.472 e. The number of benzene rings is 2. The number of hydrogen-bond donors (Lipinski definition) is 14. The molecule has 684 valence electrons. The Hall–Kier alpha value is -10.7. The number of nitrogens with one attached hydrogen (secondary N) is 2. The molecule has 128 heavy (non-hydrogen) atoms. The van der Waals surface area contributed by atoms with Crippen LogP contribution in [0.25, 0.3) is 43.2 Å². The van der Waals surface area contributed by atoms with Gasteiger partial charge in [0.05, 0.1) is 61.9 Å². The molecule has 8 aromatic heterocycles. The normalized spacial score (nSPS) is 23.2. The van der Waals surface area contributed by atoms with Crippen LogP contribution >= 0.6 is 54.0 Å². The number of carbonyl (C=O) groups excluding carboxylic acids is 4. The Morgan fingerprint density at radius 1 is 0.516 bits per heavy atom. The zero-order chi connectivity index (χ0) is 91.8. The van der Waals surface area contributed by atoms with Gasteiger partial charge in [-0.15, -0.1) is 35.8 Å². The van der Waals surface area contributed by atoms with Crippen LogP contribution in [0.4, 0.5) is 23.3 Å². The fourth-order valence-corrected chi connectivity index (χ4v) is 18.1. The average molecular weight is 1900 g/mol. The number of esters is 2. The Labute approximate surface area is 729 Å². The van der Waals surface area contributed by atoms with E-state index in [1.54, 1.807) is 36.4 Å².